The van der Waals surface area contributed by atoms with E-state index in [1.807, 2.05) is 0 Å². The molecule has 0 aromatic carbocycles. The molecule has 2 nitrogen and oxygen atoms in total. The Kier molecular flexibility index (Phi) is 4.03. The van der Waals surface area contributed by atoms with Gasteiger partial charge < -0.3 is 9.32 Å². The quantitative estimate of drug-likeness (QED) is 0.693. The molecule has 74 valence electrons. The fourth-order valence-electron chi connectivity index (χ4n) is 1.32. The Hall–Kier alpha value is -0.760. The Balaban J connectivity index is 2.28. The van der Waals surface area contributed by atoms with Gasteiger partial charge >= 0.3 is 0 Å². The van der Waals surface area contributed by atoms with E-state index in [0.29, 0.717) is 0 Å². The van der Waals surface area contributed by atoms with Gasteiger partial charge in [0.1, 0.15) is 11.5 Å². The van der Waals surface area contributed by atoms with Gasteiger partial charge in [-0.25, -0.2) is 0 Å². The minimum absolute atomic E-state index is 0.994. The average Bonchev–Trinajstić information content (AvgIpc) is 2.52. The van der Waals surface area contributed by atoms with Crippen molar-refractivity contribution in [1.82, 2.24) is 4.90 Å². The van der Waals surface area contributed by atoms with E-state index in [1.54, 1.807) is 0 Å². The average molecular weight is 181 g/mol. The molecule has 0 amide bonds. The predicted molar refractivity (Wildman–Crippen MR) is 55.0 cm³/mol. The third-order valence-corrected chi connectivity index (χ3v) is 2.09. The molecule has 0 aliphatic rings. The Morgan fingerprint density at radius 1 is 1.23 bits per heavy atom. The highest BCUT2D eigenvalue weighted by Gasteiger charge is 2.00. The van der Waals surface area contributed by atoms with Crippen LogP contribution in [0, 0.1) is 0 Å². The van der Waals surface area contributed by atoms with Crippen molar-refractivity contribution in [3.63, 3.8) is 0 Å². The number of furan rings is 1. The predicted octanol–water partition coefficient (Wildman–Crippen LogP) is 2.34. The van der Waals surface area contributed by atoms with Gasteiger partial charge in [-0.1, -0.05) is 6.92 Å². The normalized spacial score (nSPS) is 11.1. The molecule has 0 spiro atoms. The first-order valence-electron chi connectivity index (χ1n) is 4.94. The topological polar surface area (TPSA) is 16.4 Å². The Bertz CT molecular complexity index is 240. The number of nitrogens with zero attached hydrogens (tertiary/aromatic N) is 1. The molecule has 2 heteroatoms. The zero-order valence-electron chi connectivity index (χ0n) is 8.84. The van der Waals surface area contributed by atoms with Gasteiger partial charge in [-0.3, -0.25) is 0 Å². The van der Waals surface area contributed by atoms with Crippen molar-refractivity contribution in [2.45, 2.75) is 26.2 Å². The maximum absolute atomic E-state index is 5.60. The summed E-state index contributed by atoms with van der Waals surface area (Å²) in [5.41, 5.74) is 0. The summed E-state index contributed by atoms with van der Waals surface area (Å²) in [6.07, 6.45) is 3.22. The number of aryl methyl sites for hydroxylation is 2. The number of hydrogen-bond acceptors (Lipinski definition) is 2. The maximum Gasteiger partial charge on any atom is 0.104 e. The second-order valence-electron chi connectivity index (χ2n) is 3.63. The number of rotatable bonds is 5. The van der Waals surface area contributed by atoms with Crippen LogP contribution in [-0.2, 0) is 12.8 Å². The van der Waals surface area contributed by atoms with Gasteiger partial charge in [0.2, 0.25) is 0 Å². The molecule has 0 N–H and O–H groups in total. The van der Waals surface area contributed by atoms with Crippen molar-refractivity contribution in [1.29, 1.82) is 0 Å². The van der Waals surface area contributed by atoms with Gasteiger partial charge in [0.15, 0.2) is 0 Å². The zero-order chi connectivity index (χ0) is 9.68. The Morgan fingerprint density at radius 3 is 2.46 bits per heavy atom. The van der Waals surface area contributed by atoms with Crippen LogP contribution in [0.4, 0.5) is 0 Å². The smallest absolute Gasteiger partial charge is 0.104 e. The van der Waals surface area contributed by atoms with E-state index in [0.717, 1.165) is 30.9 Å². The van der Waals surface area contributed by atoms with Crippen LogP contribution in [0.2, 0.25) is 0 Å². The zero-order valence-corrected chi connectivity index (χ0v) is 8.84. The van der Waals surface area contributed by atoms with Crippen LogP contribution in [-0.4, -0.2) is 25.5 Å². The van der Waals surface area contributed by atoms with Crippen LogP contribution in [0.1, 0.15) is 24.9 Å². The second-order valence-corrected chi connectivity index (χ2v) is 3.63. The molecule has 1 aromatic heterocycles. The highest BCUT2D eigenvalue weighted by atomic mass is 16.3. The standard InChI is InChI=1S/C11H19NO/c1-4-10-7-8-11(13-10)6-5-9-12(2)3/h7-8H,4-6,9H2,1-3H3. The third-order valence-electron chi connectivity index (χ3n) is 2.09. The van der Waals surface area contributed by atoms with Crippen molar-refractivity contribution < 1.29 is 4.42 Å². The summed E-state index contributed by atoms with van der Waals surface area (Å²) in [5, 5.41) is 0. The lowest BCUT2D eigenvalue weighted by atomic mass is 10.2. The van der Waals surface area contributed by atoms with Crippen LogP contribution < -0.4 is 0 Å². The molecule has 0 aliphatic carbocycles. The first kappa shape index (κ1) is 10.3. The fraction of sp³-hybridized carbons (Fsp3) is 0.636. The van der Waals surface area contributed by atoms with E-state index in [9.17, 15) is 0 Å². The molecule has 0 radical (unpaired) electrons. The van der Waals surface area contributed by atoms with Crippen LogP contribution >= 0.6 is 0 Å². The molecule has 1 heterocycles. The van der Waals surface area contributed by atoms with Crippen molar-refractivity contribution >= 4 is 0 Å². The Morgan fingerprint density at radius 2 is 1.92 bits per heavy atom. The van der Waals surface area contributed by atoms with E-state index < -0.39 is 0 Å². The van der Waals surface area contributed by atoms with Crippen molar-refractivity contribution in [2.75, 3.05) is 20.6 Å². The van der Waals surface area contributed by atoms with E-state index >= 15 is 0 Å². The summed E-state index contributed by atoms with van der Waals surface area (Å²) in [6.45, 7) is 3.24. The molecule has 0 atom stereocenters. The Labute approximate surface area is 80.5 Å². The van der Waals surface area contributed by atoms with Gasteiger partial charge in [-0.05, 0) is 39.2 Å². The van der Waals surface area contributed by atoms with Gasteiger partial charge in [-0.2, -0.15) is 0 Å². The molecule has 0 fully saturated rings. The summed E-state index contributed by atoms with van der Waals surface area (Å²) < 4.78 is 5.60. The minimum Gasteiger partial charge on any atom is -0.466 e. The first-order valence-corrected chi connectivity index (χ1v) is 4.94. The molecule has 13 heavy (non-hydrogen) atoms. The van der Waals surface area contributed by atoms with E-state index in [-0.39, 0.29) is 0 Å². The summed E-state index contributed by atoms with van der Waals surface area (Å²) >= 11 is 0. The molecule has 0 saturated heterocycles. The first-order chi connectivity index (χ1) is 6.22. The second kappa shape index (κ2) is 5.07. The summed E-state index contributed by atoms with van der Waals surface area (Å²) in [4.78, 5) is 2.20. The van der Waals surface area contributed by atoms with Crippen LogP contribution in [0.25, 0.3) is 0 Å². The van der Waals surface area contributed by atoms with Crippen LogP contribution in [0.5, 0.6) is 0 Å². The number of hydrogen-bond donors (Lipinski definition) is 0. The van der Waals surface area contributed by atoms with Gasteiger partial charge in [0.25, 0.3) is 0 Å². The molecule has 0 aliphatic heterocycles. The molecular formula is C11H19NO. The maximum atomic E-state index is 5.60. The van der Waals surface area contributed by atoms with Crippen LogP contribution in [0.3, 0.4) is 0 Å². The summed E-state index contributed by atoms with van der Waals surface area (Å²) in [5.74, 6) is 2.22. The third kappa shape index (κ3) is 3.64. The van der Waals surface area contributed by atoms with Crippen molar-refractivity contribution in [3.05, 3.63) is 23.7 Å². The molecule has 0 saturated carbocycles. The van der Waals surface area contributed by atoms with Gasteiger partial charge in [0.05, 0.1) is 0 Å². The van der Waals surface area contributed by atoms with E-state index in [2.05, 4.69) is 38.1 Å². The van der Waals surface area contributed by atoms with Crippen molar-refractivity contribution in [2.24, 2.45) is 0 Å². The molecule has 1 rings (SSSR count). The fourth-order valence-corrected chi connectivity index (χ4v) is 1.32. The van der Waals surface area contributed by atoms with Gasteiger partial charge in [0, 0.05) is 12.8 Å². The van der Waals surface area contributed by atoms with Gasteiger partial charge in [-0.15, -0.1) is 0 Å². The van der Waals surface area contributed by atoms with Crippen LogP contribution in [0.15, 0.2) is 16.5 Å². The summed E-state index contributed by atoms with van der Waals surface area (Å²) in [6, 6.07) is 4.17. The molecule has 1 aromatic rings. The van der Waals surface area contributed by atoms with Crippen molar-refractivity contribution in [3.8, 4) is 0 Å². The molecule has 0 bridgehead atoms. The lowest BCUT2D eigenvalue weighted by Gasteiger charge is -2.07. The van der Waals surface area contributed by atoms with E-state index in [4.69, 9.17) is 4.42 Å². The SMILES string of the molecule is CCc1ccc(CCCN(C)C)o1. The molecule has 0 unspecified atom stereocenters. The van der Waals surface area contributed by atoms with E-state index in [1.165, 1.54) is 6.42 Å². The minimum atomic E-state index is 0.994. The highest BCUT2D eigenvalue weighted by Crippen LogP contribution is 2.10. The highest BCUT2D eigenvalue weighted by molar-refractivity contribution is 5.06. The molecular weight excluding hydrogens is 162 g/mol. The summed E-state index contributed by atoms with van der Waals surface area (Å²) in [7, 11) is 4.19. The lowest BCUT2D eigenvalue weighted by molar-refractivity contribution is 0.386. The largest absolute Gasteiger partial charge is 0.466 e. The lowest BCUT2D eigenvalue weighted by Crippen LogP contribution is -2.13. The monoisotopic (exact) mass is 181 g/mol.